The van der Waals surface area contributed by atoms with E-state index in [1.54, 1.807) is 30.3 Å². The summed E-state index contributed by atoms with van der Waals surface area (Å²) in [4.78, 5) is 0.248. The zero-order chi connectivity index (χ0) is 25.2. The molecule has 4 nitrogen and oxygen atoms in total. The van der Waals surface area contributed by atoms with E-state index in [1.165, 1.54) is 10.4 Å². The first-order valence-electron chi connectivity index (χ1n) is 12.7. The number of aromatic nitrogens is 1. The molecule has 4 rings (SSSR count). The van der Waals surface area contributed by atoms with Crippen LogP contribution in [-0.2, 0) is 16.4 Å². The highest BCUT2D eigenvalue weighted by Crippen LogP contribution is 2.40. The summed E-state index contributed by atoms with van der Waals surface area (Å²) in [6, 6.07) is 16.1. The Balaban J connectivity index is 1.82. The molecule has 186 valence electrons. The van der Waals surface area contributed by atoms with E-state index in [2.05, 4.69) is 27.4 Å². The molecule has 2 aromatic carbocycles. The quantitative estimate of drug-likeness (QED) is 0.357. The summed E-state index contributed by atoms with van der Waals surface area (Å²) in [5, 5.41) is 12.1. The molecule has 0 spiro atoms. The molecule has 35 heavy (non-hydrogen) atoms. The summed E-state index contributed by atoms with van der Waals surface area (Å²) in [5.74, 6) is 1.81. The standard InChI is InChI=1S/C30H37NO3S/c1-5-11-28-26(18-19-30(32)27-20-22(4)16-17-24(27)21(2)3)25-14-9-10-15-29(25)31(28)35(33,34)23-12-7-6-8-13-23/h5-10,12-15,18-19,21-22,24,27,30,32H,1,11,16-17,20H2,2-4H3/b19-18+/t22-,24+,27-,30+/m1/s1. The molecule has 5 heteroatoms. The third kappa shape index (κ3) is 5.03. The molecule has 1 aromatic heterocycles. The van der Waals surface area contributed by atoms with Crippen LogP contribution in [0.25, 0.3) is 17.0 Å². The van der Waals surface area contributed by atoms with Gasteiger partial charge in [-0.3, -0.25) is 0 Å². The van der Waals surface area contributed by atoms with Crippen LogP contribution in [-0.4, -0.2) is 23.6 Å². The van der Waals surface area contributed by atoms with E-state index in [-0.39, 0.29) is 10.8 Å². The minimum atomic E-state index is -3.81. The first-order chi connectivity index (χ1) is 16.8. The second-order valence-corrected chi connectivity index (χ2v) is 12.1. The first-order valence-corrected chi connectivity index (χ1v) is 14.1. The van der Waals surface area contributed by atoms with Crippen molar-refractivity contribution in [3.8, 4) is 0 Å². The lowest BCUT2D eigenvalue weighted by Gasteiger charge is -2.39. The number of aliphatic hydroxyl groups excluding tert-OH is 1. The second kappa shape index (κ2) is 10.5. The van der Waals surface area contributed by atoms with E-state index in [0.29, 0.717) is 35.4 Å². The highest BCUT2D eigenvalue weighted by molar-refractivity contribution is 7.90. The molecule has 1 aliphatic rings. The van der Waals surface area contributed by atoms with Crippen LogP contribution in [0.1, 0.15) is 51.3 Å². The molecule has 1 aliphatic carbocycles. The molecule has 1 N–H and O–H groups in total. The van der Waals surface area contributed by atoms with Crippen LogP contribution in [0.3, 0.4) is 0 Å². The van der Waals surface area contributed by atoms with Crippen LogP contribution >= 0.6 is 0 Å². The fraction of sp³-hybridized carbons (Fsp3) is 0.400. The lowest BCUT2D eigenvalue weighted by atomic mass is 9.68. The molecular weight excluding hydrogens is 454 g/mol. The Morgan fingerprint density at radius 1 is 1.06 bits per heavy atom. The maximum Gasteiger partial charge on any atom is 0.268 e. The van der Waals surface area contributed by atoms with Gasteiger partial charge in [0.25, 0.3) is 10.0 Å². The van der Waals surface area contributed by atoms with E-state index >= 15 is 0 Å². The van der Waals surface area contributed by atoms with Gasteiger partial charge in [-0.1, -0.05) is 81.8 Å². The third-order valence-electron chi connectivity index (χ3n) is 7.56. The molecule has 3 aromatic rings. The molecule has 0 saturated heterocycles. The van der Waals surface area contributed by atoms with Crippen molar-refractivity contribution >= 4 is 27.0 Å². The van der Waals surface area contributed by atoms with Crippen LogP contribution < -0.4 is 0 Å². The Labute approximate surface area is 210 Å². The lowest BCUT2D eigenvalue weighted by Crippen LogP contribution is -2.35. The maximum atomic E-state index is 13.8. The van der Waals surface area contributed by atoms with Gasteiger partial charge >= 0.3 is 0 Å². The second-order valence-electron chi connectivity index (χ2n) is 10.3. The van der Waals surface area contributed by atoms with Crippen molar-refractivity contribution in [2.45, 2.75) is 57.5 Å². The monoisotopic (exact) mass is 491 g/mol. The molecule has 1 heterocycles. The fourth-order valence-electron chi connectivity index (χ4n) is 5.78. The number of nitrogens with zero attached hydrogens (tertiary/aromatic N) is 1. The number of rotatable bonds is 8. The Morgan fingerprint density at radius 2 is 1.74 bits per heavy atom. The van der Waals surface area contributed by atoms with Crippen molar-refractivity contribution in [2.75, 3.05) is 0 Å². The van der Waals surface area contributed by atoms with Gasteiger partial charge in [-0.05, 0) is 54.7 Å². The first kappa shape index (κ1) is 25.5. The summed E-state index contributed by atoms with van der Waals surface area (Å²) in [5.41, 5.74) is 2.11. The number of aliphatic hydroxyl groups is 1. The van der Waals surface area contributed by atoms with Crippen molar-refractivity contribution in [1.82, 2.24) is 3.97 Å². The number of allylic oxidation sites excluding steroid dienone is 1. The van der Waals surface area contributed by atoms with E-state index in [0.717, 1.165) is 23.8 Å². The van der Waals surface area contributed by atoms with Gasteiger partial charge in [0.2, 0.25) is 0 Å². The van der Waals surface area contributed by atoms with Crippen molar-refractivity contribution in [3.05, 3.63) is 84.6 Å². The number of benzene rings is 2. The molecule has 0 amide bonds. The normalized spacial score (nSPS) is 22.1. The van der Waals surface area contributed by atoms with Gasteiger partial charge in [0, 0.05) is 23.1 Å². The minimum Gasteiger partial charge on any atom is -0.389 e. The van der Waals surface area contributed by atoms with Gasteiger partial charge in [-0.25, -0.2) is 12.4 Å². The Morgan fingerprint density at radius 3 is 2.43 bits per heavy atom. The fourth-order valence-corrected chi connectivity index (χ4v) is 7.38. The number of hydrogen-bond donors (Lipinski definition) is 1. The number of para-hydroxylation sites is 1. The number of fused-ring (bicyclic) bond motifs is 1. The Hall–Kier alpha value is -2.63. The molecule has 0 radical (unpaired) electrons. The summed E-state index contributed by atoms with van der Waals surface area (Å²) in [7, 11) is -3.81. The zero-order valence-corrected chi connectivity index (χ0v) is 21.8. The van der Waals surface area contributed by atoms with E-state index in [9.17, 15) is 13.5 Å². The minimum absolute atomic E-state index is 0.208. The van der Waals surface area contributed by atoms with Gasteiger partial charge in [0.1, 0.15) is 0 Å². The van der Waals surface area contributed by atoms with Gasteiger partial charge in [-0.2, -0.15) is 0 Å². The van der Waals surface area contributed by atoms with Crippen LogP contribution in [0.4, 0.5) is 0 Å². The molecule has 0 bridgehead atoms. The van der Waals surface area contributed by atoms with E-state index in [1.807, 2.05) is 42.5 Å². The van der Waals surface area contributed by atoms with Crippen LogP contribution in [0.5, 0.6) is 0 Å². The summed E-state index contributed by atoms with van der Waals surface area (Å²) < 4.78 is 29.0. The molecule has 4 atom stereocenters. The Kier molecular flexibility index (Phi) is 7.67. The average Bonchev–Trinajstić information content (AvgIpc) is 3.16. The van der Waals surface area contributed by atoms with Gasteiger partial charge < -0.3 is 5.11 Å². The smallest absolute Gasteiger partial charge is 0.268 e. The molecule has 0 unspecified atom stereocenters. The highest BCUT2D eigenvalue weighted by atomic mass is 32.2. The van der Waals surface area contributed by atoms with Crippen molar-refractivity contribution < 1.29 is 13.5 Å². The topological polar surface area (TPSA) is 59.3 Å². The van der Waals surface area contributed by atoms with Crippen LogP contribution in [0.2, 0.25) is 0 Å². The summed E-state index contributed by atoms with van der Waals surface area (Å²) >= 11 is 0. The van der Waals surface area contributed by atoms with Gasteiger partial charge in [-0.15, -0.1) is 6.58 Å². The predicted molar refractivity (Wildman–Crippen MR) is 145 cm³/mol. The van der Waals surface area contributed by atoms with Crippen molar-refractivity contribution in [2.24, 2.45) is 23.7 Å². The highest BCUT2D eigenvalue weighted by Gasteiger charge is 2.34. The summed E-state index contributed by atoms with van der Waals surface area (Å²) in [6.45, 7) is 10.6. The predicted octanol–water partition coefficient (Wildman–Crippen LogP) is 6.69. The third-order valence-corrected chi connectivity index (χ3v) is 9.33. The largest absolute Gasteiger partial charge is 0.389 e. The number of hydrogen-bond acceptors (Lipinski definition) is 3. The zero-order valence-electron chi connectivity index (χ0n) is 21.0. The van der Waals surface area contributed by atoms with Crippen LogP contribution in [0, 0.1) is 23.7 Å². The lowest BCUT2D eigenvalue weighted by molar-refractivity contribution is 0.0431. The van der Waals surface area contributed by atoms with E-state index in [4.69, 9.17) is 0 Å². The summed E-state index contributed by atoms with van der Waals surface area (Å²) in [6.07, 6.45) is 8.73. The molecule has 0 aliphatic heterocycles. The van der Waals surface area contributed by atoms with Gasteiger partial charge in [0.15, 0.2) is 0 Å². The van der Waals surface area contributed by atoms with Crippen molar-refractivity contribution in [3.63, 3.8) is 0 Å². The van der Waals surface area contributed by atoms with Gasteiger partial charge in [0.05, 0.1) is 16.5 Å². The Bertz CT molecular complexity index is 1300. The molecule has 1 fully saturated rings. The van der Waals surface area contributed by atoms with Crippen LogP contribution in [0.15, 0.2) is 78.2 Å². The average molecular weight is 492 g/mol. The van der Waals surface area contributed by atoms with Crippen molar-refractivity contribution in [1.29, 1.82) is 0 Å². The van der Waals surface area contributed by atoms with E-state index < -0.39 is 16.1 Å². The molecular formula is C30H37NO3S. The maximum absolute atomic E-state index is 13.8. The SMILES string of the molecule is C=CCc1c(/C=C/[C@H](O)[C@@H]2C[C@H](C)CC[C@H]2C(C)C)c2ccccc2n1S(=O)(=O)c1ccccc1. The molecule has 1 saturated carbocycles.